The SMILES string of the molecule is CC1CNC(=O)N(c2cccc(C(=N)N)c2)C1. The summed E-state index contributed by atoms with van der Waals surface area (Å²) in [5, 5.41) is 10.2. The van der Waals surface area contributed by atoms with E-state index >= 15 is 0 Å². The van der Waals surface area contributed by atoms with Gasteiger partial charge >= 0.3 is 6.03 Å². The van der Waals surface area contributed by atoms with Crippen LogP contribution in [0.4, 0.5) is 10.5 Å². The van der Waals surface area contributed by atoms with Gasteiger partial charge in [-0.25, -0.2) is 4.79 Å². The summed E-state index contributed by atoms with van der Waals surface area (Å²) < 4.78 is 0. The molecule has 0 spiro atoms. The molecular weight excluding hydrogens is 216 g/mol. The number of nitrogen functional groups attached to an aromatic ring is 1. The molecule has 1 aromatic carbocycles. The highest BCUT2D eigenvalue weighted by Gasteiger charge is 2.23. The number of carbonyl (C=O) groups excluding carboxylic acids is 1. The number of nitrogens with zero attached hydrogens (tertiary/aromatic N) is 1. The second-order valence-electron chi connectivity index (χ2n) is 4.37. The van der Waals surface area contributed by atoms with Crippen molar-refractivity contribution in [3.63, 3.8) is 0 Å². The number of nitrogens with one attached hydrogen (secondary N) is 2. The second-order valence-corrected chi connectivity index (χ2v) is 4.37. The predicted molar refractivity (Wildman–Crippen MR) is 67.4 cm³/mol. The average molecular weight is 232 g/mol. The number of hydrogen-bond acceptors (Lipinski definition) is 2. The van der Waals surface area contributed by atoms with E-state index in [0.717, 1.165) is 5.69 Å². The van der Waals surface area contributed by atoms with Crippen molar-refractivity contribution in [3.05, 3.63) is 29.8 Å². The third-order valence-electron chi connectivity index (χ3n) is 2.81. The fraction of sp³-hybridized carbons (Fsp3) is 0.333. The highest BCUT2D eigenvalue weighted by molar-refractivity contribution is 5.98. The van der Waals surface area contributed by atoms with Gasteiger partial charge in [-0.3, -0.25) is 10.3 Å². The normalized spacial score (nSPS) is 19.9. The van der Waals surface area contributed by atoms with E-state index in [1.807, 2.05) is 6.07 Å². The molecule has 4 N–H and O–H groups in total. The maximum Gasteiger partial charge on any atom is 0.321 e. The van der Waals surface area contributed by atoms with Crippen LogP contribution < -0.4 is 16.0 Å². The van der Waals surface area contributed by atoms with E-state index in [-0.39, 0.29) is 11.9 Å². The Morgan fingerprint density at radius 3 is 3.06 bits per heavy atom. The van der Waals surface area contributed by atoms with Gasteiger partial charge in [-0.05, 0) is 18.1 Å². The van der Waals surface area contributed by atoms with Gasteiger partial charge in [0, 0.05) is 24.3 Å². The van der Waals surface area contributed by atoms with Crippen molar-refractivity contribution < 1.29 is 4.79 Å². The number of nitrogens with two attached hydrogens (primary N) is 1. The van der Waals surface area contributed by atoms with Crippen LogP contribution in [0.15, 0.2) is 24.3 Å². The first-order valence-corrected chi connectivity index (χ1v) is 5.58. The Bertz CT molecular complexity index is 458. The number of anilines is 1. The first-order chi connectivity index (χ1) is 8.08. The summed E-state index contributed by atoms with van der Waals surface area (Å²) in [4.78, 5) is 13.4. The molecule has 1 heterocycles. The Morgan fingerprint density at radius 1 is 1.59 bits per heavy atom. The number of amidine groups is 1. The average Bonchev–Trinajstić information content (AvgIpc) is 2.32. The monoisotopic (exact) mass is 232 g/mol. The lowest BCUT2D eigenvalue weighted by atomic mass is 10.1. The predicted octanol–water partition coefficient (Wildman–Crippen LogP) is 1.14. The molecule has 0 aliphatic carbocycles. The third-order valence-corrected chi connectivity index (χ3v) is 2.81. The largest absolute Gasteiger partial charge is 0.384 e. The third kappa shape index (κ3) is 2.38. The summed E-state index contributed by atoms with van der Waals surface area (Å²) in [5.41, 5.74) is 6.85. The molecule has 1 unspecified atom stereocenters. The van der Waals surface area contributed by atoms with Gasteiger partial charge in [-0.1, -0.05) is 19.1 Å². The van der Waals surface area contributed by atoms with Gasteiger partial charge < -0.3 is 11.1 Å². The van der Waals surface area contributed by atoms with Gasteiger partial charge in [-0.2, -0.15) is 0 Å². The molecule has 2 amide bonds. The maximum absolute atomic E-state index is 11.8. The van der Waals surface area contributed by atoms with Crippen molar-refractivity contribution in [2.75, 3.05) is 18.0 Å². The molecule has 1 aliphatic heterocycles. The Kier molecular flexibility index (Phi) is 2.99. The molecule has 0 saturated carbocycles. The van der Waals surface area contributed by atoms with E-state index in [9.17, 15) is 4.79 Å². The van der Waals surface area contributed by atoms with E-state index in [0.29, 0.717) is 24.6 Å². The highest BCUT2D eigenvalue weighted by atomic mass is 16.2. The van der Waals surface area contributed by atoms with Crippen molar-refractivity contribution >= 4 is 17.6 Å². The summed E-state index contributed by atoms with van der Waals surface area (Å²) in [5.74, 6) is 0.422. The molecule has 5 nitrogen and oxygen atoms in total. The first-order valence-electron chi connectivity index (χ1n) is 5.58. The number of benzene rings is 1. The summed E-state index contributed by atoms with van der Waals surface area (Å²) in [6, 6.07) is 7.09. The molecule has 0 bridgehead atoms. The van der Waals surface area contributed by atoms with E-state index < -0.39 is 0 Å². The number of hydrogen-bond donors (Lipinski definition) is 3. The van der Waals surface area contributed by atoms with E-state index in [4.69, 9.17) is 11.1 Å². The van der Waals surface area contributed by atoms with Crippen molar-refractivity contribution in [1.82, 2.24) is 5.32 Å². The van der Waals surface area contributed by atoms with Gasteiger partial charge in [-0.15, -0.1) is 0 Å². The van der Waals surface area contributed by atoms with Crippen LogP contribution in [-0.2, 0) is 0 Å². The summed E-state index contributed by atoms with van der Waals surface area (Å²) in [6.45, 7) is 3.48. The zero-order valence-corrected chi connectivity index (χ0v) is 9.73. The minimum atomic E-state index is -0.0937. The molecule has 90 valence electrons. The van der Waals surface area contributed by atoms with Crippen molar-refractivity contribution in [3.8, 4) is 0 Å². The molecule has 1 fully saturated rings. The molecule has 1 saturated heterocycles. The molecule has 0 aromatic heterocycles. The fourth-order valence-corrected chi connectivity index (χ4v) is 1.88. The van der Waals surface area contributed by atoms with Crippen LogP contribution in [-0.4, -0.2) is 25.0 Å². The lowest BCUT2D eigenvalue weighted by Gasteiger charge is -2.31. The molecule has 5 heteroatoms. The zero-order chi connectivity index (χ0) is 12.4. The zero-order valence-electron chi connectivity index (χ0n) is 9.73. The molecule has 0 radical (unpaired) electrons. The number of urea groups is 1. The molecule has 1 aromatic rings. The summed E-state index contributed by atoms with van der Waals surface area (Å²) in [6.07, 6.45) is 0. The van der Waals surface area contributed by atoms with Gasteiger partial charge in [0.1, 0.15) is 5.84 Å². The van der Waals surface area contributed by atoms with Crippen molar-refractivity contribution in [1.29, 1.82) is 5.41 Å². The van der Waals surface area contributed by atoms with E-state index in [1.54, 1.807) is 23.1 Å². The topological polar surface area (TPSA) is 82.2 Å². The number of carbonyl (C=O) groups is 1. The second kappa shape index (κ2) is 4.45. The standard InChI is InChI=1S/C12H16N4O/c1-8-6-15-12(17)16(7-8)10-4-2-3-9(5-10)11(13)14/h2-5,8H,6-7H2,1H3,(H3,13,14)(H,15,17). The van der Waals surface area contributed by atoms with Crippen LogP contribution in [0.5, 0.6) is 0 Å². The number of amides is 2. The fourth-order valence-electron chi connectivity index (χ4n) is 1.88. The van der Waals surface area contributed by atoms with Gasteiger partial charge in [0.25, 0.3) is 0 Å². The maximum atomic E-state index is 11.8. The summed E-state index contributed by atoms with van der Waals surface area (Å²) >= 11 is 0. The Morgan fingerprint density at radius 2 is 2.35 bits per heavy atom. The van der Waals surface area contributed by atoms with Crippen molar-refractivity contribution in [2.45, 2.75) is 6.92 Å². The molecule has 2 rings (SSSR count). The molecular formula is C12H16N4O. The van der Waals surface area contributed by atoms with Crippen LogP contribution >= 0.6 is 0 Å². The lowest BCUT2D eigenvalue weighted by Crippen LogP contribution is -2.50. The minimum Gasteiger partial charge on any atom is -0.384 e. The van der Waals surface area contributed by atoms with Crippen LogP contribution in [0.3, 0.4) is 0 Å². The smallest absolute Gasteiger partial charge is 0.321 e. The molecule has 1 atom stereocenters. The van der Waals surface area contributed by atoms with Gasteiger partial charge in [0.2, 0.25) is 0 Å². The molecule has 17 heavy (non-hydrogen) atoms. The van der Waals surface area contributed by atoms with Crippen LogP contribution in [0.25, 0.3) is 0 Å². The quantitative estimate of drug-likeness (QED) is 0.528. The van der Waals surface area contributed by atoms with Crippen LogP contribution in [0.2, 0.25) is 0 Å². The lowest BCUT2D eigenvalue weighted by molar-refractivity contribution is 0.238. The Labute approximate surface area is 100 Å². The Hall–Kier alpha value is -2.04. The highest BCUT2D eigenvalue weighted by Crippen LogP contribution is 2.19. The van der Waals surface area contributed by atoms with Gasteiger partial charge in [0.15, 0.2) is 0 Å². The number of rotatable bonds is 2. The summed E-state index contributed by atoms with van der Waals surface area (Å²) in [7, 11) is 0. The molecule has 1 aliphatic rings. The van der Waals surface area contributed by atoms with Crippen molar-refractivity contribution in [2.24, 2.45) is 11.7 Å². The van der Waals surface area contributed by atoms with E-state index in [1.165, 1.54) is 0 Å². The Balaban J connectivity index is 2.29. The van der Waals surface area contributed by atoms with Crippen LogP contribution in [0.1, 0.15) is 12.5 Å². The first kappa shape index (κ1) is 11.4. The van der Waals surface area contributed by atoms with Gasteiger partial charge in [0.05, 0.1) is 0 Å². The van der Waals surface area contributed by atoms with Crippen LogP contribution in [0, 0.1) is 11.3 Å². The van der Waals surface area contributed by atoms with E-state index in [2.05, 4.69) is 12.2 Å². The minimum absolute atomic E-state index is 0.0114.